The van der Waals surface area contributed by atoms with Crippen molar-refractivity contribution in [3.63, 3.8) is 0 Å². The number of hydrogen-bond acceptors (Lipinski definition) is 12. The monoisotopic (exact) mass is 458 g/mol. The third kappa shape index (κ3) is 3090. The summed E-state index contributed by atoms with van der Waals surface area (Å²) in [6, 6.07) is 0. The Morgan fingerprint density at radius 3 is 0.474 bits per heavy atom. The van der Waals surface area contributed by atoms with Crippen LogP contribution in [0.5, 0.6) is 0 Å². The van der Waals surface area contributed by atoms with Crippen molar-refractivity contribution < 1.29 is 82.4 Å². The van der Waals surface area contributed by atoms with Crippen LogP contribution < -0.4 is 38.4 Å². The van der Waals surface area contributed by atoms with Gasteiger partial charge in [0.15, 0.2) is 0 Å². The van der Waals surface area contributed by atoms with Crippen LogP contribution in [0.15, 0.2) is 0 Å². The molecule has 0 heterocycles. The van der Waals surface area contributed by atoms with Crippen LogP contribution in [0.2, 0.25) is 0 Å². The van der Waals surface area contributed by atoms with Crippen LogP contribution in [-0.2, 0) is 44.1 Å². The summed E-state index contributed by atoms with van der Waals surface area (Å²) in [5, 5.41) is 0. The van der Waals surface area contributed by atoms with Gasteiger partial charge in [0.2, 0.25) is 0 Å². The molecule has 0 aromatic carbocycles. The summed E-state index contributed by atoms with van der Waals surface area (Å²) in [5.41, 5.74) is 0. The minimum absolute atomic E-state index is 0. The topological polar surface area (TPSA) is 253 Å². The molecule has 0 saturated carbocycles. The Hall–Kier alpha value is 1.38. The van der Waals surface area contributed by atoms with Gasteiger partial charge < -0.3 is 56.2 Å². The Bertz CT molecular complexity index is 170. The first-order chi connectivity index (χ1) is 6.93. The minimum atomic E-state index is -3.63. The van der Waals surface area contributed by atoms with E-state index >= 15 is 0 Å². The van der Waals surface area contributed by atoms with Crippen molar-refractivity contribution in [1.29, 1.82) is 0 Å². The fourth-order valence-electron chi connectivity index (χ4n) is 0. The molecule has 0 amide bonds. The van der Waals surface area contributed by atoms with Crippen LogP contribution in [-0.4, -0.2) is 97.5 Å². The second-order valence-corrected chi connectivity index (χ2v) is 3.00. The first-order valence-electron chi connectivity index (χ1n) is 2.45. The van der Waals surface area contributed by atoms with Crippen molar-refractivity contribution in [3.05, 3.63) is 0 Å². The molecule has 0 rings (SSSR count). The Morgan fingerprint density at radius 1 is 0.474 bits per heavy atom. The van der Waals surface area contributed by atoms with Crippen LogP contribution in [0, 0.1) is 0 Å². The van der Waals surface area contributed by atoms with E-state index in [2.05, 4.69) is 0 Å². The van der Waals surface area contributed by atoms with Gasteiger partial charge in [0, 0.05) is 36.7 Å². The molecule has 0 bridgehead atoms. The van der Waals surface area contributed by atoms with E-state index in [9.17, 15) is 0 Å². The molecule has 19 heavy (non-hydrogen) atoms. The van der Waals surface area contributed by atoms with Crippen molar-refractivity contribution in [2.75, 3.05) is 0 Å². The van der Waals surface area contributed by atoms with Crippen molar-refractivity contribution in [2.24, 2.45) is 0 Å². The van der Waals surface area contributed by atoms with Gasteiger partial charge in [-0.15, -0.1) is 0 Å². The van der Waals surface area contributed by atoms with E-state index in [1.165, 1.54) is 0 Å². The maximum Gasteiger partial charge on any atom is 4.00 e. The first-order valence-corrected chi connectivity index (χ1v) is 7.35. The summed E-state index contributed by atoms with van der Waals surface area (Å²) < 4.78 is 34.1. The van der Waals surface area contributed by atoms with Gasteiger partial charge in [-0.2, -0.15) is 0 Å². The molecule has 0 N–H and O–H groups in total. The molecule has 0 atom stereocenters. The van der Waals surface area contributed by atoms with Gasteiger partial charge in [-0.05, 0) is 0 Å². The molecule has 19 heteroatoms. The normalized spacial score (nSPS) is 5.05. The van der Waals surface area contributed by atoms with Gasteiger partial charge in [0.05, 0.1) is 0 Å². The third-order valence-corrected chi connectivity index (χ3v) is 0. The maximum absolute atomic E-state index is 8.52. The van der Waals surface area contributed by atoms with Crippen LogP contribution >= 0.6 is 0 Å². The molecule has 96 valence electrons. The fraction of sp³-hybridized carbons (Fsp3) is 0. The molecule has 0 spiro atoms. The quantitative estimate of drug-likeness (QED) is 0.306. The molecule has 0 aromatic heterocycles. The van der Waals surface area contributed by atoms with Crippen molar-refractivity contribution in [2.45, 2.75) is 0 Å². The Balaban J connectivity index is -0.0000000192. The van der Waals surface area contributed by atoms with E-state index in [0.29, 0.717) is 0 Å². The van der Waals surface area contributed by atoms with Gasteiger partial charge in [-0.25, -0.2) is 0 Å². The van der Waals surface area contributed by atoms with Crippen molar-refractivity contribution in [1.82, 2.24) is 0 Å². The maximum atomic E-state index is 8.52. The van der Waals surface area contributed by atoms with Crippen molar-refractivity contribution in [3.8, 4) is 0 Å². The molecule has 0 saturated heterocycles. The zero-order chi connectivity index (χ0) is 14.3. The molecule has 0 aromatic rings. The molecule has 0 aliphatic carbocycles. The van der Waals surface area contributed by atoms with Gasteiger partial charge in [-0.3, -0.25) is 0 Å². The Labute approximate surface area is 177 Å². The van der Waals surface area contributed by atoms with Gasteiger partial charge in [0.1, 0.15) is 0 Å². The van der Waals surface area contributed by atoms with Crippen LogP contribution in [0.4, 0.5) is 0 Å². The predicted octanol–water partition coefficient (Wildman–Crippen LogP) is -12.3. The molecule has 12 nitrogen and oxygen atoms in total. The van der Waals surface area contributed by atoms with Gasteiger partial charge >= 0.3 is 87.0 Å². The van der Waals surface area contributed by atoms with E-state index in [0.717, 1.165) is 0 Å². The summed E-state index contributed by atoms with van der Waals surface area (Å²) in [7, 11) is -14.5. The summed E-state index contributed by atoms with van der Waals surface area (Å²) >= 11 is 0. The van der Waals surface area contributed by atoms with Crippen LogP contribution in [0.3, 0.4) is 0 Å². The second kappa shape index (κ2) is 36.6. The fourth-order valence-corrected chi connectivity index (χ4v) is 0. The molecule has 0 aliphatic rings. The molecular formula is CaMgO12Si4Zr. The van der Waals surface area contributed by atoms with E-state index in [1.807, 2.05) is 0 Å². The van der Waals surface area contributed by atoms with Crippen LogP contribution in [0.25, 0.3) is 0 Å². The van der Waals surface area contributed by atoms with Crippen LogP contribution in [0.1, 0.15) is 0 Å². The Kier molecular flexibility index (Phi) is 82.3. The molecule has 0 radical (unpaired) electrons. The van der Waals surface area contributed by atoms with E-state index < -0.39 is 36.7 Å². The first kappa shape index (κ1) is 42.8. The minimum Gasteiger partial charge on any atom is -0.672 e. The Morgan fingerprint density at radius 2 is 0.474 bits per heavy atom. The summed E-state index contributed by atoms with van der Waals surface area (Å²) in [6.45, 7) is 0. The predicted molar refractivity (Wildman–Crippen MR) is 37.3 cm³/mol. The smallest absolute Gasteiger partial charge is 0.672 e. The SMILES string of the molecule is O=[Si]([O-])[O-].O=[Si]([O-])[O-].O=[Si]([O-])[O-].O=[Si]([O-])[O-].[Ca+2].[Mg+2].[Zr+4]. The van der Waals surface area contributed by atoms with E-state index in [1.54, 1.807) is 0 Å². The van der Waals surface area contributed by atoms with E-state index in [4.69, 9.17) is 56.2 Å². The third-order valence-electron chi connectivity index (χ3n) is 0. The van der Waals surface area contributed by atoms with Crippen molar-refractivity contribution >= 4 is 97.5 Å². The average molecular weight is 460 g/mol. The van der Waals surface area contributed by atoms with Gasteiger partial charge in [0.25, 0.3) is 0 Å². The summed E-state index contributed by atoms with van der Waals surface area (Å²) in [5.74, 6) is 0. The number of rotatable bonds is 0. The van der Waals surface area contributed by atoms with E-state index in [-0.39, 0.29) is 87.0 Å². The average Bonchev–Trinajstić information content (AvgIpc) is 1.76. The molecular weight excluding hydrogens is 460 g/mol. The van der Waals surface area contributed by atoms with Gasteiger partial charge in [-0.1, -0.05) is 0 Å². The molecule has 0 aliphatic heterocycles. The molecule has 0 fully saturated rings. The zero-order valence-electron chi connectivity index (χ0n) is 8.81. The number of hydrogen-bond donors (Lipinski definition) is 0. The molecule has 0 unspecified atom stereocenters. The second-order valence-electron chi connectivity index (χ2n) is 1.00. The summed E-state index contributed by atoms with van der Waals surface area (Å²) in [4.78, 5) is 68.1. The largest absolute Gasteiger partial charge is 4.00 e. The zero-order valence-corrected chi connectivity index (χ0v) is 18.9. The standard InChI is InChI=1S/Ca.Mg.4O3Si.Zr/c;;4*1-4(2)3;/q2*+2;4*-2;+4. The summed E-state index contributed by atoms with van der Waals surface area (Å²) in [6.07, 6.45) is 0.